The van der Waals surface area contributed by atoms with Gasteiger partial charge in [-0.2, -0.15) is 0 Å². The summed E-state index contributed by atoms with van der Waals surface area (Å²) in [7, 11) is 0. The number of fused-ring (bicyclic) bond motifs is 3. The van der Waals surface area contributed by atoms with E-state index >= 15 is 0 Å². The normalized spacial score (nSPS) is 16.1. The quantitative estimate of drug-likeness (QED) is 0.716. The number of benzene rings is 1. The zero-order valence-electron chi connectivity index (χ0n) is 14.8. The molecule has 1 atom stereocenters. The van der Waals surface area contributed by atoms with Crippen molar-refractivity contribution in [3.8, 4) is 5.75 Å². The predicted molar refractivity (Wildman–Crippen MR) is 102 cm³/mol. The first-order chi connectivity index (χ1) is 13.0. The van der Waals surface area contributed by atoms with E-state index in [4.69, 9.17) is 20.8 Å². The fraction of sp³-hybridized carbons (Fsp3) is 0.300. The van der Waals surface area contributed by atoms with E-state index in [9.17, 15) is 9.59 Å². The summed E-state index contributed by atoms with van der Waals surface area (Å²) in [5.74, 6) is 0.221. The number of aryl methyl sites for hydroxylation is 2. The molecule has 1 amide bonds. The molecule has 140 valence electrons. The third-order valence-electron chi connectivity index (χ3n) is 4.81. The number of rotatable bonds is 4. The minimum Gasteiger partial charge on any atom is -0.477 e. The van der Waals surface area contributed by atoms with E-state index in [1.807, 2.05) is 18.2 Å². The highest BCUT2D eigenvalue weighted by Crippen LogP contribution is 2.36. The van der Waals surface area contributed by atoms with Gasteiger partial charge in [-0.3, -0.25) is 9.59 Å². The first-order valence-corrected chi connectivity index (χ1v) is 9.21. The number of H-pyrrole nitrogens is 1. The second kappa shape index (κ2) is 7.12. The Morgan fingerprint density at radius 2 is 2.30 bits per heavy atom. The van der Waals surface area contributed by atoms with Crippen LogP contribution in [0.1, 0.15) is 35.9 Å². The fourth-order valence-corrected chi connectivity index (χ4v) is 3.80. The van der Waals surface area contributed by atoms with Gasteiger partial charge in [-0.05, 0) is 37.8 Å². The lowest BCUT2D eigenvalue weighted by atomic mass is 9.91. The van der Waals surface area contributed by atoms with Crippen LogP contribution >= 0.6 is 11.6 Å². The Kier molecular flexibility index (Phi) is 4.66. The van der Waals surface area contributed by atoms with Gasteiger partial charge >= 0.3 is 0 Å². The molecular weight excluding hydrogens is 368 g/mol. The monoisotopic (exact) mass is 386 g/mol. The number of halogens is 1. The molecule has 27 heavy (non-hydrogen) atoms. The lowest BCUT2D eigenvalue weighted by molar-refractivity contribution is -0.124. The molecule has 0 saturated heterocycles. The van der Waals surface area contributed by atoms with E-state index in [0.717, 1.165) is 35.9 Å². The van der Waals surface area contributed by atoms with Gasteiger partial charge in [0, 0.05) is 17.1 Å². The van der Waals surface area contributed by atoms with Crippen molar-refractivity contribution in [2.24, 2.45) is 0 Å². The van der Waals surface area contributed by atoms with E-state index in [1.165, 1.54) is 17.9 Å². The summed E-state index contributed by atoms with van der Waals surface area (Å²) < 4.78 is 10.5. The summed E-state index contributed by atoms with van der Waals surface area (Å²) in [5, 5.41) is 4.76. The maximum atomic E-state index is 12.3. The number of para-hydroxylation sites is 1. The Morgan fingerprint density at radius 3 is 3.11 bits per heavy atom. The molecular formula is C20H19ClN2O4. The van der Waals surface area contributed by atoms with Crippen LogP contribution < -0.4 is 15.5 Å². The lowest BCUT2D eigenvalue weighted by Crippen LogP contribution is -2.34. The zero-order chi connectivity index (χ0) is 19.0. The van der Waals surface area contributed by atoms with Crippen LogP contribution in [0.3, 0.4) is 0 Å². The SMILES string of the molecule is Cc1cc(=O)c(OCC(=O)N[C@H]2CCCc3c2[nH]c2c(Cl)cccc32)co1. The predicted octanol–water partition coefficient (Wildman–Crippen LogP) is 3.66. The van der Waals surface area contributed by atoms with Crippen molar-refractivity contribution in [3.63, 3.8) is 0 Å². The first-order valence-electron chi connectivity index (χ1n) is 8.83. The number of ether oxygens (including phenoxy) is 1. The molecule has 7 heteroatoms. The molecule has 4 rings (SSSR count). The van der Waals surface area contributed by atoms with Crippen molar-refractivity contribution < 1.29 is 13.9 Å². The number of aromatic amines is 1. The summed E-state index contributed by atoms with van der Waals surface area (Å²) in [4.78, 5) is 27.5. The topological polar surface area (TPSA) is 84.3 Å². The van der Waals surface area contributed by atoms with E-state index in [-0.39, 0.29) is 29.7 Å². The Balaban J connectivity index is 1.49. The summed E-state index contributed by atoms with van der Waals surface area (Å²) in [6.45, 7) is 1.42. The Hall–Kier alpha value is -2.73. The smallest absolute Gasteiger partial charge is 0.258 e. The highest BCUT2D eigenvalue weighted by Gasteiger charge is 2.26. The average molecular weight is 387 g/mol. The second-order valence-corrected chi connectivity index (χ2v) is 7.11. The first kappa shape index (κ1) is 17.7. The Bertz CT molecular complexity index is 1070. The number of carbonyl (C=O) groups is 1. The molecule has 3 aromatic rings. The summed E-state index contributed by atoms with van der Waals surface area (Å²) in [6.07, 6.45) is 3.97. The van der Waals surface area contributed by atoms with Crippen LogP contribution in [0.25, 0.3) is 10.9 Å². The van der Waals surface area contributed by atoms with E-state index in [1.54, 1.807) is 6.92 Å². The van der Waals surface area contributed by atoms with Crippen molar-refractivity contribution in [1.29, 1.82) is 0 Å². The molecule has 2 heterocycles. The highest BCUT2D eigenvalue weighted by atomic mass is 35.5. The molecule has 2 aromatic heterocycles. The number of hydrogen-bond donors (Lipinski definition) is 2. The van der Waals surface area contributed by atoms with E-state index in [2.05, 4.69) is 10.3 Å². The molecule has 0 radical (unpaired) electrons. The summed E-state index contributed by atoms with van der Waals surface area (Å²) >= 11 is 6.30. The number of carbonyl (C=O) groups excluding carboxylic acids is 1. The van der Waals surface area contributed by atoms with Crippen molar-refractivity contribution in [3.05, 3.63) is 62.8 Å². The molecule has 0 bridgehead atoms. The molecule has 0 aliphatic heterocycles. The van der Waals surface area contributed by atoms with Gasteiger partial charge in [0.15, 0.2) is 6.61 Å². The largest absolute Gasteiger partial charge is 0.477 e. The second-order valence-electron chi connectivity index (χ2n) is 6.70. The van der Waals surface area contributed by atoms with Crippen LogP contribution in [0.2, 0.25) is 5.02 Å². The number of amides is 1. The van der Waals surface area contributed by atoms with Crippen LogP contribution in [-0.4, -0.2) is 17.5 Å². The van der Waals surface area contributed by atoms with Gasteiger partial charge in [-0.1, -0.05) is 23.7 Å². The molecule has 1 aliphatic rings. The van der Waals surface area contributed by atoms with Gasteiger partial charge in [0.05, 0.1) is 16.6 Å². The van der Waals surface area contributed by atoms with Gasteiger partial charge in [-0.15, -0.1) is 0 Å². The molecule has 0 spiro atoms. The molecule has 1 aliphatic carbocycles. The third-order valence-corrected chi connectivity index (χ3v) is 5.13. The van der Waals surface area contributed by atoms with Crippen LogP contribution in [0.4, 0.5) is 0 Å². The van der Waals surface area contributed by atoms with E-state index < -0.39 is 0 Å². The highest BCUT2D eigenvalue weighted by molar-refractivity contribution is 6.35. The van der Waals surface area contributed by atoms with Gasteiger partial charge in [0.1, 0.15) is 12.0 Å². The Morgan fingerprint density at radius 1 is 1.44 bits per heavy atom. The average Bonchev–Trinajstić information content (AvgIpc) is 3.02. The van der Waals surface area contributed by atoms with Crippen LogP contribution in [0.15, 0.2) is 39.7 Å². The van der Waals surface area contributed by atoms with Gasteiger partial charge in [0.2, 0.25) is 11.2 Å². The number of hydrogen-bond acceptors (Lipinski definition) is 4. The number of nitrogens with one attached hydrogen (secondary N) is 2. The van der Waals surface area contributed by atoms with Gasteiger partial charge in [-0.25, -0.2) is 0 Å². The van der Waals surface area contributed by atoms with Gasteiger partial charge in [0.25, 0.3) is 5.91 Å². The Labute approximate surface area is 160 Å². The standard InChI is InChI=1S/C20H19ClN2O4/c1-11-8-16(24)17(9-26-11)27-10-18(25)22-15-7-3-5-13-12-4-2-6-14(21)19(12)23-20(13)15/h2,4,6,8-9,15,23H,3,5,7,10H2,1H3,(H,22,25)/t15-/m0/s1. The van der Waals surface area contributed by atoms with Gasteiger partial charge < -0.3 is 19.5 Å². The van der Waals surface area contributed by atoms with Crippen molar-refractivity contribution in [1.82, 2.24) is 10.3 Å². The molecule has 1 aromatic carbocycles. The van der Waals surface area contributed by atoms with Crippen LogP contribution in [-0.2, 0) is 11.2 Å². The minimum absolute atomic E-state index is 0.0254. The maximum absolute atomic E-state index is 12.3. The lowest BCUT2D eigenvalue weighted by Gasteiger charge is -2.23. The minimum atomic E-state index is -0.309. The van der Waals surface area contributed by atoms with E-state index in [0.29, 0.717) is 10.8 Å². The summed E-state index contributed by atoms with van der Waals surface area (Å²) in [5.41, 5.74) is 2.78. The zero-order valence-corrected chi connectivity index (χ0v) is 15.6. The van der Waals surface area contributed by atoms with Crippen LogP contribution in [0.5, 0.6) is 5.75 Å². The third kappa shape index (κ3) is 3.45. The maximum Gasteiger partial charge on any atom is 0.258 e. The van der Waals surface area contributed by atoms with Crippen LogP contribution in [0, 0.1) is 6.92 Å². The van der Waals surface area contributed by atoms with Crippen molar-refractivity contribution in [2.75, 3.05) is 6.61 Å². The molecule has 2 N–H and O–H groups in total. The molecule has 0 unspecified atom stereocenters. The van der Waals surface area contributed by atoms with Crippen molar-refractivity contribution >= 4 is 28.4 Å². The molecule has 6 nitrogen and oxygen atoms in total. The molecule has 0 saturated carbocycles. The van der Waals surface area contributed by atoms with Crippen molar-refractivity contribution in [2.45, 2.75) is 32.2 Å². The number of aromatic nitrogens is 1. The molecule has 0 fully saturated rings. The fourth-order valence-electron chi connectivity index (χ4n) is 3.58. The summed E-state index contributed by atoms with van der Waals surface area (Å²) in [6, 6.07) is 7.01.